The van der Waals surface area contributed by atoms with Crippen LogP contribution in [-0.2, 0) is 4.57 Å². The molecule has 0 radical (unpaired) electrons. The lowest BCUT2D eigenvalue weighted by Crippen LogP contribution is -2.36. The van der Waals surface area contributed by atoms with Crippen molar-refractivity contribution in [3.05, 3.63) is 194 Å². The highest BCUT2D eigenvalue weighted by atomic mass is 31.2. The number of para-hydroxylation sites is 2. The minimum atomic E-state index is -3.22. The summed E-state index contributed by atoms with van der Waals surface area (Å²) >= 11 is 0. The zero-order valence-electron chi connectivity index (χ0n) is 27.8. The predicted octanol–water partition coefficient (Wildman–Crippen LogP) is 11.9. The lowest BCUT2D eigenvalue weighted by molar-refractivity contribution is 0.592. The Morgan fingerprint density at radius 2 is 0.922 bits per heavy atom. The van der Waals surface area contributed by atoms with E-state index in [1.807, 2.05) is 54.6 Å². The molecule has 1 heterocycles. The van der Waals surface area contributed by atoms with Gasteiger partial charge in [0.1, 0.15) is 0 Å². The summed E-state index contributed by atoms with van der Waals surface area (Å²) in [5, 5.41) is 9.81. The van der Waals surface area contributed by atoms with Crippen LogP contribution in [0.25, 0.3) is 54.6 Å². The van der Waals surface area contributed by atoms with Crippen LogP contribution in [-0.4, -0.2) is 0 Å². The smallest absolute Gasteiger partial charge is 0.175 e. The van der Waals surface area contributed by atoms with Gasteiger partial charge in [0, 0.05) is 21.6 Å². The maximum absolute atomic E-state index is 15.8. The summed E-state index contributed by atoms with van der Waals surface area (Å²) in [7, 11) is -3.22. The highest BCUT2D eigenvalue weighted by molar-refractivity contribution is 7.86. The molecule has 0 fully saturated rings. The number of hydrogen-bond donors (Lipinski definition) is 0. The Balaban J connectivity index is 1.30. The largest absolute Gasteiger partial charge is 0.309 e. The zero-order valence-corrected chi connectivity index (χ0v) is 28.7. The lowest BCUT2D eigenvalue weighted by Gasteiger charge is -2.38. The Labute approximate surface area is 297 Å². The molecule has 0 amide bonds. The fraction of sp³-hybridized carbons (Fsp3) is 0. The van der Waals surface area contributed by atoms with E-state index in [1.165, 1.54) is 49.0 Å². The number of nitrogens with zero attached hydrogens (tertiary/aromatic N) is 1. The second-order valence-electron chi connectivity index (χ2n) is 13.2. The van der Waals surface area contributed by atoms with Gasteiger partial charge in [-0.25, -0.2) is 0 Å². The van der Waals surface area contributed by atoms with E-state index >= 15 is 4.57 Å². The molecule has 0 saturated carbocycles. The fourth-order valence-electron chi connectivity index (χ4n) is 8.25. The first kappa shape index (κ1) is 29.7. The first-order chi connectivity index (χ1) is 25.2. The molecule has 51 heavy (non-hydrogen) atoms. The van der Waals surface area contributed by atoms with Gasteiger partial charge < -0.3 is 9.46 Å². The van der Waals surface area contributed by atoms with E-state index in [1.54, 1.807) is 0 Å². The second kappa shape index (κ2) is 11.7. The van der Waals surface area contributed by atoms with Crippen LogP contribution in [0.4, 0.5) is 17.1 Å². The molecule has 1 atom stereocenters. The number of hydrogen-bond acceptors (Lipinski definition) is 2. The molecule has 9 aromatic rings. The lowest BCUT2D eigenvalue weighted by atomic mass is 9.84. The van der Waals surface area contributed by atoms with Gasteiger partial charge in [-0.3, -0.25) is 0 Å². The van der Waals surface area contributed by atoms with Crippen LogP contribution in [0.15, 0.2) is 194 Å². The Bertz CT molecular complexity index is 2780. The molecule has 2 nitrogen and oxygen atoms in total. The van der Waals surface area contributed by atoms with E-state index in [2.05, 4.69) is 144 Å². The molecule has 0 aromatic heterocycles. The SMILES string of the molecule is O=P1(c2ccccc2)c2ccccc2N(c2ccccc2)c2cc(-c3c4ccccc4c(-c4cccc5ccccc45)c4ccccc34)ccc21. The van der Waals surface area contributed by atoms with Gasteiger partial charge in [-0.2, -0.15) is 0 Å². The maximum Gasteiger partial charge on any atom is 0.175 e. The molecule has 10 rings (SSSR count). The van der Waals surface area contributed by atoms with Crippen molar-refractivity contribution in [1.82, 2.24) is 0 Å². The molecule has 0 bridgehead atoms. The normalized spacial score (nSPS) is 15.2. The topological polar surface area (TPSA) is 20.3 Å². The highest BCUT2D eigenvalue weighted by Gasteiger charge is 2.41. The zero-order chi connectivity index (χ0) is 33.9. The quantitative estimate of drug-likeness (QED) is 0.137. The molecule has 0 aliphatic carbocycles. The minimum absolute atomic E-state index is 0.842. The van der Waals surface area contributed by atoms with Crippen molar-refractivity contribution < 1.29 is 4.57 Å². The molecule has 0 saturated heterocycles. The van der Waals surface area contributed by atoms with Crippen LogP contribution in [0.1, 0.15) is 0 Å². The van der Waals surface area contributed by atoms with E-state index in [4.69, 9.17) is 0 Å². The van der Waals surface area contributed by atoms with Crippen molar-refractivity contribution in [2.24, 2.45) is 0 Å². The van der Waals surface area contributed by atoms with Gasteiger partial charge in [-0.15, -0.1) is 0 Å². The number of anilines is 3. The van der Waals surface area contributed by atoms with Crippen LogP contribution in [0.3, 0.4) is 0 Å². The van der Waals surface area contributed by atoms with Crippen molar-refractivity contribution in [1.29, 1.82) is 0 Å². The number of rotatable bonds is 4. The van der Waals surface area contributed by atoms with Crippen LogP contribution in [0, 0.1) is 0 Å². The average Bonchev–Trinajstić information content (AvgIpc) is 3.20. The van der Waals surface area contributed by atoms with Crippen molar-refractivity contribution in [2.45, 2.75) is 0 Å². The summed E-state index contributed by atoms with van der Waals surface area (Å²) in [6.07, 6.45) is 0. The molecular weight excluding hydrogens is 638 g/mol. The molecular formula is C48H32NOP. The van der Waals surface area contributed by atoms with E-state index in [0.717, 1.165) is 38.5 Å². The van der Waals surface area contributed by atoms with Crippen molar-refractivity contribution in [3.8, 4) is 22.3 Å². The third-order valence-corrected chi connectivity index (χ3v) is 13.6. The summed E-state index contributed by atoms with van der Waals surface area (Å²) in [6, 6.07) is 68.1. The van der Waals surface area contributed by atoms with Gasteiger partial charge in [0.15, 0.2) is 7.14 Å². The maximum atomic E-state index is 15.8. The first-order valence-electron chi connectivity index (χ1n) is 17.4. The highest BCUT2D eigenvalue weighted by Crippen LogP contribution is 2.55. The molecule has 9 aromatic carbocycles. The third-order valence-electron chi connectivity index (χ3n) is 10.4. The predicted molar refractivity (Wildman–Crippen MR) is 217 cm³/mol. The fourth-order valence-corrected chi connectivity index (χ4v) is 11.2. The van der Waals surface area contributed by atoms with Crippen molar-refractivity contribution in [2.75, 3.05) is 4.90 Å². The van der Waals surface area contributed by atoms with Crippen LogP contribution < -0.4 is 20.8 Å². The van der Waals surface area contributed by atoms with Crippen molar-refractivity contribution in [3.63, 3.8) is 0 Å². The van der Waals surface area contributed by atoms with Crippen LogP contribution in [0.2, 0.25) is 0 Å². The molecule has 1 aliphatic heterocycles. The van der Waals surface area contributed by atoms with Crippen molar-refractivity contribution >= 4 is 72.4 Å². The number of benzene rings is 9. The van der Waals surface area contributed by atoms with Gasteiger partial charge in [0.25, 0.3) is 0 Å². The Morgan fingerprint density at radius 3 is 1.63 bits per heavy atom. The monoisotopic (exact) mass is 669 g/mol. The standard InChI is InChI=1S/C48H32NOP/c50-51(36-20-5-2-6-21-36)45-29-14-13-28-43(45)49(35-18-3-1-4-19-35)44-32-34(30-31-46(44)51)47-39-23-9-11-25-41(39)48(42-26-12-10-24-40(42)47)38-27-15-17-33-16-7-8-22-37(33)38/h1-32H. The van der Waals surface area contributed by atoms with Crippen LogP contribution in [0.5, 0.6) is 0 Å². The van der Waals surface area contributed by atoms with Gasteiger partial charge in [0.2, 0.25) is 0 Å². The average molecular weight is 670 g/mol. The molecule has 0 N–H and O–H groups in total. The summed E-state index contributed by atoms with van der Waals surface area (Å²) in [6.45, 7) is 0. The second-order valence-corrected chi connectivity index (χ2v) is 15.9. The van der Waals surface area contributed by atoms with Crippen LogP contribution >= 0.6 is 7.14 Å². The molecule has 1 aliphatic rings. The Hall–Kier alpha value is -6.21. The molecule has 3 heteroatoms. The molecule has 1 unspecified atom stereocenters. The summed E-state index contributed by atoms with van der Waals surface area (Å²) in [5.41, 5.74) is 7.65. The van der Waals surface area contributed by atoms with E-state index in [9.17, 15) is 0 Å². The summed E-state index contributed by atoms with van der Waals surface area (Å²) < 4.78 is 15.8. The van der Waals surface area contributed by atoms with E-state index in [-0.39, 0.29) is 0 Å². The van der Waals surface area contributed by atoms with Gasteiger partial charge >= 0.3 is 0 Å². The Kier molecular flexibility index (Phi) is 6.81. The van der Waals surface area contributed by atoms with E-state index in [0.29, 0.717) is 0 Å². The summed E-state index contributed by atoms with van der Waals surface area (Å²) in [5.74, 6) is 0. The van der Waals surface area contributed by atoms with Gasteiger partial charge in [-0.05, 0) is 91.0 Å². The van der Waals surface area contributed by atoms with Gasteiger partial charge in [-0.1, -0.05) is 158 Å². The summed E-state index contributed by atoms with van der Waals surface area (Å²) in [4.78, 5) is 2.29. The molecule has 240 valence electrons. The van der Waals surface area contributed by atoms with E-state index < -0.39 is 7.14 Å². The van der Waals surface area contributed by atoms with Gasteiger partial charge in [0.05, 0.1) is 11.4 Å². The minimum Gasteiger partial charge on any atom is -0.309 e. The third kappa shape index (κ3) is 4.47. The molecule has 0 spiro atoms. The first-order valence-corrected chi connectivity index (χ1v) is 19.1. The Morgan fingerprint density at radius 1 is 0.392 bits per heavy atom. The number of fused-ring (bicyclic) bond motifs is 5.